The molecule has 0 bridgehead atoms. The number of rotatable bonds is 4. The van der Waals surface area contributed by atoms with Crippen LogP contribution in [0.2, 0.25) is 0 Å². The molecule has 33 heavy (non-hydrogen) atoms. The molecule has 14 heteroatoms. The second kappa shape index (κ2) is 8.17. The number of fused-ring (bicyclic) bond motifs is 2. The van der Waals surface area contributed by atoms with Crippen LogP contribution in [0.1, 0.15) is 17.0 Å². The van der Waals surface area contributed by atoms with Crippen molar-refractivity contribution >= 4 is 50.9 Å². The number of thioether (sulfide) groups is 1. The normalized spacial score (nSPS) is 16.4. The lowest BCUT2D eigenvalue weighted by atomic mass is 10.1. The molecule has 1 N–H and O–H groups in total. The average molecular weight is 510 g/mol. The highest BCUT2D eigenvalue weighted by Gasteiger charge is 2.38. The first-order valence-corrected chi connectivity index (χ1v) is 10.6. The number of alkyl halides is 3. The smallest absolute Gasteiger partial charge is 0.416 e. The predicted octanol–water partition coefficient (Wildman–Crippen LogP) is 5.35. The first-order chi connectivity index (χ1) is 15.4. The molecule has 1 atom stereocenters. The summed E-state index contributed by atoms with van der Waals surface area (Å²) in [5, 5.41) is 7.65. The van der Waals surface area contributed by atoms with Crippen LogP contribution in [0, 0.1) is 23.3 Å². The Balaban J connectivity index is 1.81. The van der Waals surface area contributed by atoms with E-state index in [0.717, 1.165) is 28.8 Å². The number of thiazole rings is 1. The average Bonchev–Trinajstić information content (AvgIpc) is 3.16. The topological polar surface area (TPSA) is 70.5 Å². The van der Waals surface area contributed by atoms with Gasteiger partial charge in [0.05, 0.1) is 34.2 Å². The minimum absolute atomic E-state index is 0.171. The SMILES string of the molecule is O=C(O)CC1Sc2ccc(C(F)(F)F)cc2N(Cc2nc3c(F)c(F)c(F)c(F)c3s2)C1=O. The van der Waals surface area contributed by atoms with E-state index in [4.69, 9.17) is 5.11 Å². The molecule has 4 rings (SSSR count). The van der Waals surface area contributed by atoms with Crippen LogP contribution in [0.3, 0.4) is 0 Å². The Labute approximate surface area is 187 Å². The maximum atomic E-state index is 14.1. The summed E-state index contributed by atoms with van der Waals surface area (Å²) in [6.45, 7) is -0.606. The van der Waals surface area contributed by atoms with Gasteiger partial charge in [0.25, 0.3) is 0 Å². The Kier molecular flexibility index (Phi) is 5.76. The van der Waals surface area contributed by atoms with E-state index in [2.05, 4.69) is 4.98 Å². The third-order valence-corrected chi connectivity index (χ3v) is 6.98. The van der Waals surface area contributed by atoms with Gasteiger partial charge in [-0.2, -0.15) is 13.2 Å². The van der Waals surface area contributed by atoms with Crippen molar-refractivity contribution in [2.24, 2.45) is 0 Å². The van der Waals surface area contributed by atoms with E-state index >= 15 is 0 Å². The zero-order valence-electron chi connectivity index (χ0n) is 15.8. The molecule has 1 unspecified atom stereocenters. The van der Waals surface area contributed by atoms with Gasteiger partial charge in [-0.1, -0.05) is 0 Å². The van der Waals surface area contributed by atoms with E-state index in [9.17, 15) is 40.3 Å². The van der Waals surface area contributed by atoms with Gasteiger partial charge < -0.3 is 10.0 Å². The molecule has 0 radical (unpaired) electrons. The number of aromatic nitrogens is 1. The monoisotopic (exact) mass is 510 g/mol. The molecule has 1 aliphatic rings. The molecule has 0 aliphatic carbocycles. The van der Waals surface area contributed by atoms with E-state index in [0.29, 0.717) is 17.4 Å². The molecular weight excluding hydrogens is 501 g/mol. The van der Waals surface area contributed by atoms with E-state index in [-0.39, 0.29) is 15.6 Å². The number of amides is 1. The van der Waals surface area contributed by atoms with Gasteiger partial charge in [0.15, 0.2) is 23.3 Å². The van der Waals surface area contributed by atoms with Gasteiger partial charge >= 0.3 is 12.1 Å². The fraction of sp³-hybridized carbons (Fsp3) is 0.211. The summed E-state index contributed by atoms with van der Waals surface area (Å²) in [5.41, 5.74) is -2.13. The van der Waals surface area contributed by atoms with E-state index < -0.39 is 75.3 Å². The fourth-order valence-electron chi connectivity index (χ4n) is 3.21. The lowest BCUT2D eigenvalue weighted by molar-refractivity contribution is -0.138. The van der Waals surface area contributed by atoms with Crippen LogP contribution in [0.25, 0.3) is 10.2 Å². The van der Waals surface area contributed by atoms with Crippen molar-refractivity contribution in [3.8, 4) is 0 Å². The molecule has 2 heterocycles. The number of carbonyl (C=O) groups excluding carboxylic acids is 1. The van der Waals surface area contributed by atoms with Gasteiger partial charge in [-0.3, -0.25) is 9.59 Å². The third-order valence-electron chi connectivity index (χ3n) is 4.70. The second-order valence-corrected chi connectivity index (χ2v) is 9.18. The highest BCUT2D eigenvalue weighted by molar-refractivity contribution is 8.01. The Morgan fingerprint density at radius 3 is 2.39 bits per heavy atom. The maximum absolute atomic E-state index is 14.1. The third kappa shape index (κ3) is 4.12. The van der Waals surface area contributed by atoms with Crippen molar-refractivity contribution in [1.82, 2.24) is 4.98 Å². The molecule has 1 aromatic heterocycles. The predicted molar refractivity (Wildman–Crippen MR) is 104 cm³/mol. The summed E-state index contributed by atoms with van der Waals surface area (Å²) in [6.07, 6.45) is -5.39. The number of aliphatic carboxylic acids is 1. The molecule has 2 aromatic carbocycles. The van der Waals surface area contributed by atoms with Crippen LogP contribution >= 0.6 is 23.1 Å². The molecule has 0 spiro atoms. The molecule has 1 aliphatic heterocycles. The van der Waals surface area contributed by atoms with E-state index in [1.54, 1.807) is 0 Å². The Morgan fingerprint density at radius 1 is 1.09 bits per heavy atom. The van der Waals surface area contributed by atoms with Gasteiger partial charge in [-0.15, -0.1) is 23.1 Å². The summed E-state index contributed by atoms with van der Waals surface area (Å²) in [4.78, 5) is 28.7. The van der Waals surface area contributed by atoms with Crippen LogP contribution in [-0.4, -0.2) is 27.2 Å². The van der Waals surface area contributed by atoms with E-state index in [1.165, 1.54) is 0 Å². The summed E-state index contributed by atoms with van der Waals surface area (Å²) < 4.78 is 94.1. The van der Waals surface area contributed by atoms with Gasteiger partial charge in [-0.25, -0.2) is 22.5 Å². The van der Waals surface area contributed by atoms with Crippen LogP contribution < -0.4 is 4.90 Å². The van der Waals surface area contributed by atoms with Crippen molar-refractivity contribution in [2.75, 3.05) is 4.90 Å². The summed E-state index contributed by atoms with van der Waals surface area (Å²) in [6, 6.07) is 2.54. The quantitative estimate of drug-likeness (QED) is 0.291. The number of carboxylic acid groups (broad SMARTS) is 1. The molecule has 0 fully saturated rings. The van der Waals surface area contributed by atoms with Crippen LogP contribution in [0.4, 0.5) is 36.4 Å². The van der Waals surface area contributed by atoms with Crippen LogP contribution in [0.15, 0.2) is 23.1 Å². The van der Waals surface area contributed by atoms with E-state index in [1.807, 2.05) is 0 Å². The first-order valence-electron chi connectivity index (χ1n) is 8.91. The number of halogens is 7. The minimum Gasteiger partial charge on any atom is -0.481 e. The van der Waals surface area contributed by atoms with Crippen molar-refractivity contribution in [1.29, 1.82) is 0 Å². The van der Waals surface area contributed by atoms with Gasteiger partial charge in [-0.05, 0) is 18.2 Å². The minimum atomic E-state index is -4.75. The highest BCUT2D eigenvalue weighted by Crippen LogP contribution is 2.44. The second-order valence-electron chi connectivity index (χ2n) is 6.85. The Morgan fingerprint density at radius 2 is 1.76 bits per heavy atom. The molecule has 5 nitrogen and oxygen atoms in total. The van der Waals surface area contributed by atoms with Crippen LogP contribution in [-0.2, 0) is 22.3 Å². The number of nitrogens with zero attached hydrogens (tertiary/aromatic N) is 2. The Hall–Kier alpha value is -2.87. The fourth-order valence-corrected chi connectivity index (χ4v) is 5.39. The summed E-state index contributed by atoms with van der Waals surface area (Å²) in [7, 11) is 0. The number of carboxylic acids is 1. The molecule has 0 saturated heterocycles. The lowest BCUT2D eigenvalue weighted by Gasteiger charge is -2.33. The lowest BCUT2D eigenvalue weighted by Crippen LogP contribution is -2.41. The zero-order valence-corrected chi connectivity index (χ0v) is 17.5. The maximum Gasteiger partial charge on any atom is 0.416 e. The standard InChI is InChI=1S/C19H9F7N2O3S2/c20-12-13(21)15(23)17-16(14(12)22)27-10(33-17)5-28-7-3-6(19(24,25)26)1-2-8(7)32-9(18(28)31)4-11(29)30/h1-3,9H,4-5H2,(H,29,30). The van der Waals surface area contributed by atoms with Gasteiger partial charge in [0, 0.05) is 4.90 Å². The van der Waals surface area contributed by atoms with Crippen molar-refractivity contribution < 1.29 is 45.4 Å². The Bertz CT molecular complexity index is 1260. The number of benzene rings is 2. The molecular formula is C19H9F7N2O3S2. The highest BCUT2D eigenvalue weighted by atomic mass is 32.2. The number of hydrogen-bond donors (Lipinski definition) is 1. The molecule has 174 valence electrons. The summed E-state index contributed by atoms with van der Waals surface area (Å²) in [5.74, 6) is -9.78. The first kappa shape index (κ1) is 23.3. The largest absolute Gasteiger partial charge is 0.481 e. The number of hydrogen-bond acceptors (Lipinski definition) is 5. The van der Waals surface area contributed by atoms with Crippen LogP contribution in [0.5, 0.6) is 0 Å². The van der Waals surface area contributed by atoms with Crippen molar-refractivity contribution in [3.63, 3.8) is 0 Å². The summed E-state index contributed by atoms with van der Waals surface area (Å²) >= 11 is 1.15. The number of anilines is 1. The van der Waals surface area contributed by atoms with Crippen molar-refractivity contribution in [3.05, 3.63) is 52.0 Å². The number of carbonyl (C=O) groups is 2. The van der Waals surface area contributed by atoms with Gasteiger partial charge in [0.2, 0.25) is 5.91 Å². The molecule has 0 saturated carbocycles. The molecule has 1 amide bonds. The molecule has 3 aromatic rings. The van der Waals surface area contributed by atoms with Crippen molar-refractivity contribution in [2.45, 2.75) is 29.3 Å². The van der Waals surface area contributed by atoms with Gasteiger partial charge in [0.1, 0.15) is 10.5 Å². The zero-order chi connectivity index (χ0) is 24.2.